The molecule has 0 spiro atoms. The lowest BCUT2D eigenvalue weighted by molar-refractivity contribution is -0.134. The van der Waals surface area contributed by atoms with Crippen LogP contribution in [0, 0.1) is 11.8 Å². The Morgan fingerprint density at radius 2 is 2.05 bits per heavy atom. The van der Waals surface area contributed by atoms with E-state index in [9.17, 15) is 4.79 Å². The number of hydrogen-bond acceptors (Lipinski definition) is 3. The van der Waals surface area contributed by atoms with E-state index >= 15 is 0 Å². The Labute approximate surface area is 117 Å². The summed E-state index contributed by atoms with van der Waals surface area (Å²) in [5.74, 6) is 1.58. The zero-order chi connectivity index (χ0) is 13.7. The number of piperazine rings is 1. The molecule has 110 valence electrons. The summed E-state index contributed by atoms with van der Waals surface area (Å²) >= 11 is 0. The number of amides is 1. The predicted molar refractivity (Wildman–Crippen MR) is 78.1 cm³/mol. The van der Waals surface area contributed by atoms with Crippen LogP contribution >= 0.6 is 0 Å². The van der Waals surface area contributed by atoms with Gasteiger partial charge in [0, 0.05) is 32.6 Å². The maximum Gasteiger partial charge on any atom is 0.222 e. The molecular formula is C15H29N3O. The average Bonchev–Trinajstić information content (AvgIpc) is 2.48. The van der Waals surface area contributed by atoms with Crippen LogP contribution < -0.4 is 5.32 Å². The van der Waals surface area contributed by atoms with Crippen LogP contribution in [0.2, 0.25) is 0 Å². The Morgan fingerprint density at radius 3 is 2.63 bits per heavy atom. The number of nitrogens with one attached hydrogen (secondary N) is 1. The quantitative estimate of drug-likeness (QED) is 0.831. The molecule has 1 N–H and O–H groups in total. The first-order chi connectivity index (χ1) is 9.20. The standard InChI is InChI=1S/C15H29N3O/c1-3-17-7-9-18(10-8-17)15(19)11-13(2)14-5-4-6-16-12-14/h13-14,16H,3-12H2,1-2H3. The Morgan fingerprint density at radius 1 is 1.32 bits per heavy atom. The molecule has 2 atom stereocenters. The first-order valence-corrected chi connectivity index (χ1v) is 7.91. The van der Waals surface area contributed by atoms with Crippen LogP contribution in [0.1, 0.15) is 33.1 Å². The van der Waals surface area contributed by atoms with E-state index in [1.165, 1.54) is 12.8 Å². The van der Waals surface area contributed by atoms with Gasteiger partial charge in [-0.3, -0.25) is 4.79 Å². The Hall–Kier alpha value is -0.610. The summed E-state index contributed by atoms with van der Waals surface area (Å²) in [5, 5.41) is 3.45. The van der Waals surface area contributed by atoms with Gasteiger partial charge in [-0.05, 0) is 44.3 Å². The van der Waals surface area contributed by atoms with Gasteiger partial charge in [0.25, 0.3) is 0 Å². The van der Waals surface area contributed by atoms with Crippen LogP contribution in [0.5, 0.6) is 0 Å². The van der Waals surface area contributed by atoms with Gasteiger partial charge in [0.2, 0.25) is 5.91 Å². The van der Waals surface area contributed by atoms with Crippen LogP contribution in [0.3, 0.4) is 0 Å². The third-order valence-corrected chi connectivity index (χ3v) is 4.81. The van der Waals surface area contributed by atoms with Crippen LogP contribution in [-0.2, 0) is 4.79 Å². The van der Waals surface area contributed by atoms with Gasteiger partial charge in [-0.2, -0.15) is 0 Å². The van der Waals surface area contributed by atoms with Crippen molar-refractivity contribution in [3.63, 3.8) is 0 Å². The maximum atomic E-state index is 12.3. The minimum Gasteiger partial charge on any atom is -0.340 e. The molecule has 1 amide bonds. The van der Waals surface area contributed by atoms with Crippen molar-refractivity contribution in [3.8, 4) is 0 Å². The molecule has 2 saturated heterocycles. The third-order valence-electron chi connectivity index (χ3n) is 4.81. The highest BCUT2D eigenvalue weighted by Gasteiger charge is 2.25. The SMILES string of the molecule is CCN1CCN(C(=O)CC(C)C2CCCNC2)CC1. The fourth-order valence-electron chi connectivity index (χ4n) is 3.25. The van der Waals surface area contributed by atoms with Gasteiger partial charge in [-0.1, -0.05) is 13.8 Å². The lowest BCUT2D eigenvalue weighted by atomic mass is 9.85. The molecule has 2 rings (SSSR count). The van der Waals surface area contributed by atoms with Crippen molar-refractivity contribution in [1.29, 1.82) is 0 Å². The van der Waals surface area contributed by atoms with Gasteiger partial charge in [-0.15, -0.1) is 0 Å². The lowest BCUT2D eigenvalue weighted by Crippen LogP contribution is -2.49. The topological polar surface area (TPSA) is 35.6 Å². The van der Waals surface area contributed by atoms with E-state index in [-0.39, 0.29) is 0 Å². The van der Waals surface area contributed by atoms with Crippen LogP contribution in [-0.4, -0.2) is 61.5 Å². The second-order valence-corrected chi connectivity index (χ2v) is 6.10. The molecule has 19 heavy (non-hydrogen) atoms. The van der Waals surface area contributed by atoms with E-state index in [2.05, 4.69) is 29.0 Å². The highest BCUT2D eigenvalue weighted by atomic mass is 16.2. The molecule has 4 nitrogen and oxygen atoms in total. The minimum absolute atomic E-state index is 0.369. The average molecular weight is 267 g/mol. The van der Waals surface area contributed by atoms with Gasteiger partial charge in [-0.25, -0.2) is 0 Å². The Bertz CT molecular complexity index is 281. The highest BCUT2D eigenvalue weighted by molar-refractivity contribution is 5.76. The number of rotatable bonds is 4. The molecule has 2 aliphatic heterocycles. The van der Waals surface area contributed by atoms with Crippen molar-refractivity contribution >= 4 is 5.91 Å². The lowest BCUT2D eigenvalue weighted by Gasteiger charge is -2.35. The van der Waals surface area contributed by atoms with Gasteiger partial charge < -0.3 is 15.1 Å². The monoisotopic (exact) mass is 267 g/mol. The molecule has 2 fully saturated rings. The molecule has 0 bridgehead atoms. The molecule has 0 aliphatic carbocycles. The maximum absolute atomic E-state index is 12.3. The van der Waals surface area contributed by atoms with Gasteiger partial charge in [0.1, 0.15) is 0 Å². The van der Waals surface area contributed by atoms with Crippen molar-refractivity contribution in [2.45, 2.75) is 33.1 Å². The second kappa shape index (κ2) is 7.25. The fourth-order valence-corrected chi connectivity index (χ4v) is 3.25. The zero-order valence-corrected chi connectivity index (χ0v) is 12.5. The predicted octanol–water partition coefficient (Wildman–Crippen LogP) is 1.18. The summed E-state index contributed by atoms with van der Waals surface area (Å²) < 4.78 is 0. The van der Waals surface area contributed by atoms with Crippen molar-refractivity contribution in [3.05, 3.63) is 0 Å². The first-order valence-electron chi connectivity index (χ1n) is 7.91. The van der Waals surface area contributed by atoms with Crippen molar-refractivity contribution in [2.75, 3.05) is 45.8 Å². The van der Waals surface area contributed by atoms with Crippen LogP contribution in [0.25, 0.3) is 0 Å². The molecule has 2 aliphatic rings. The Balaban J connectivity index is 1.74. The number of piperidine rings is 1. The van der Waals surface area contributed by atoms with Crippen molar-refractivity contribution < 1.29 is 4.79 Å². The van der Waals surface area contributed by atoms with E-state index in [0.717, 1.165) is 52.2 Å². The fraction of sp³-hybridized carbons (Fsp3) is 0.933. The molecule has 0 aromatic rings. The number of nitrogens with zero attached hydrogens (tertiary/aromatic N) is 2. The van der Waals surface area contributed by atoms with E-state index in [1.807, 2.05) is 0 Å². The highest BCUT2D eigenvalue weighted by Crippen LogP contribution is 2.23. The molecule has 0 radical (unpaired) electrons. The molecular weight excluding hydrogens is 238 g/mol. The summed E-state index contributed by atoms with van der Waals surface area (Å²) in [7, 11) is 0. The molecule has 2 unspecified atom stereocenters. The zero-order valence-electron chi connectivity index (χ0n) is 12.5. The summed E-state index contributed by atoms with van der Waals surface area (Å²) in [6.07, 6.45) is 3.28. The number of carbonyl (C=O) groups is 1. The number of hydrogen-bond donors (Lipinski definition) is 1. The molecule has 0 aromatic carbocycles. The summed E-state index contributed by atoms with van der Waals surface area (Å²) in [4.78, 5) is 16.8. The number of likely N-dealkylation sites (N-methyl/N-ethyl adjacent to an activating group) is 1. The number of carbonyl (C=O) groups excluding carboxylic acids is 1. The van der Waals surface area contributed by atoms with Gasteiger partial charge in [0.05, 0.1) is 0 Å². The van der Waals surface area contributed by atoms with E-state index in [0.29, 0.717) is 17.7 Å². The minimum atomic E-state index is 0.369. The van der Waals surface area contributed by atoms with E-state index in [4.69, 9.17) is 0 Å². The second-order valence-electron chi connectivity index (χ2n) is 6.10. The first kappa shape index (κ1) is 14.8. The largest absolute Gasteiger partial charge is 0.340 e. The van der Waals surface area contributed by atoms with Crippen LogP contribution in [0.4, 0.5) is 0 Å². The van der Waals surface area contributed by atoms with Gasteiger partial charge in [0.15, 0.2) is 0 Å². The third kappa shape index (κ3) is 4.18. The van der Waals surface area contributed by atoms with Crippen molar-refractivity contribution in [2.24, 2.45) is 11.8 Å². The van der Waals surface area contributed by atoms with Crippen LogP contribution in [0.15, 0.2) is 0 Å². The summed E-state index contributed by atoms with van der Waals surface area (Å²) in [6, 6.07) is 0. The molecule has 0 saturated carbocycles. The van der Waals surface area contributed by atoms with E-state index < -0.39 is 0 Å². The van der Waals surface area contributed by atoms with Crippen molar-refractivity contribution in [1.82, 2.24) is 15.1 Å². The molecule has 4 heteroatoms. The molecule has 0 aromatic heterocycles. The summed E-state index contributed by atoms with van der Waals surface area (Å²) in [5.41, 5.74) is 0. The smallest absolute Gasteiger partial charge is 0.222 e. The van der Waals surface area contributed by atoms with E-state index in [1.54, 1.807) is 0 Å². The Kier molecular flexibility index (Phi) is 5.64. The molecule has 2 heterocycles. The normalized spacial score (nSPS) is 27.3. The summed E-state index contributed by atoms with van der Waals surface area (Å²) in [6.45, 7) is 11.7. The van der Waals surface area contributed by atoms with Gasteiger partial charge >= 0.3 is 0 Å².